The van der Waals surface area contributed by atoms with Gasteiger partial charge in [0.2, 0.25) is 5.88 Å². The molecule has 39 heavy (non-hydrogen) atoms. The lowest BCUT2D eigenvalue weighted by atomic mass is 10.2. The monoisotopic (exact) mass is 557 g/mol. The number of nitrogens with one attached hydrogen (secondary N) is 1. The maximum atomic E-state index is 6.03. The highest BCUT2D eigenvalue weighted by molar-refractivity contribution is 8.06. The molecule has 0 aliphatic rings. The standard InChI is InChI=1S/C26H37N5OS.3C2H6/c1-6-15-31(16-7-2)24-18-23(20-28-30-26(9-4)33-21(5)8-3)29-25(19-24)32-17-13-22-12-10-11-14-27-22;3*1-2/h9-12,14,18-20,30H,5-8,13,15-17H2,1-4H3;3*1-2H3/b26-9-,28-20+;;;. The Hall–Kier alpha value is -2.80. The Bertz CT molecular complexity index is 910. The number of hydrazone groups is 1. The van der Waals surface area contributed by atoms with Gasteiger partial charge >= 0.3 is 0 Å². The van der Waals surface area contributed by atoms with Crippen LogP contribution in [0.15, 0.2) is 64.2 Å². The van der Waals surface area contributed by atoms with Crippen molar-refractivity contribution in [2.75, 3.05) is 24.6 Å². The first-order valence-electron chi connectivity index (χ1n) is 14.7. The molecule has 0 aromatic carbocycles. The summed E-state index contributed by atoms with van der Waals surface area (Å²) in [5.41, 5.74) is 5.95. The number of thioether (sulfide) groups is 1. The topological polar surface area (TPSA) is 62.6 Å². The molecule has 0 radical (unpaired) electrons. The van der Waals surface area contributed by atoms with Crippen LogP contribution in [0.4, 0.5) is 5.69 Å². The van der Waals surface area contributed by atoms with Gasteiger partial charge in [-0.25, -0.2) is 4.98 Å². The largest absolute Gasteiger partial charge is 0.477 e. The van der Waals surface area contributed by atoms with Crippen LogP contribution in [0.25, 0.3) is 0 Å². The molecule has 2 heterocycles. The van der Waals surface area contributed by atoms with Gasteiger partial charge < -0.3 is 9.64 Å². The smallest absolute Gasteiger partial charge is 0.215 e. The first-order chi connectivity index (χ1) is 19.1. The van der Waals surface area contributed by atoms with E-state index in [2.05, 4.69) is 58.8 Å². The van der Waals surface area contributed by atoms with E-state index in [4.69, 9.17) is 4.74 Å². The van der Waals surface area contributed by atoms with Gasteiger partial charge in [0.15, 0.2) is 0 Å². The van der Waals surface area contributed by atoms with Crippen molar-refractivity contribution >= 4 is 23.7 Å². The minimum absolute atomic E-state index is 0.516. The number of hydrogen-bond acceptors (Lipinski definition) is 7. The average Bonchev–Trinajstić information content (AvgIpc) is 3.00. The minimum Gasteiger partial charge on any atom is -0.477 e. The molecule has 0 saturated heterocycles. The first kappa shape index (κ1) is 38.3. The SMILES string of the molecule is C=C(CC)S/C(=C\C)N/N=C/c1cc(N(CCC)CCC)cc(OCCc2ccccn2)n1.CC.CC.CC. The Labute approximate surface area is 244 Å². The van der Waals surface area contributed by atoms with E-state index in [1.165, 1.54) is 0 Å². The fourth-order valence-corrected chi connectivity index (χ4v) is 3.76. The van der Waals surface area contributed by atoms with Gasteiger partial charge in [-0.3, -0.25) is 10.4 Å². The van der Waals surface area contributed by atoms with Crippen molar-refractivity contribution in [1.29, 1.82) is 0 Å². The third-order valence-electron chi connectivity index (χ3n) is 4.78. The molecule has 0 unspecified atom stereocenters. The van der Waals surface area contributed by atoms with E-state index >= 15 is 0 Å². The van der Waals surface area contributed by atoms with Crippen LogP contribution in [-0.4, -0.2) is 35.9 Å². The second kappa shape index (κ2) is 26.8. The Morgan fingerprint density at radius 3 is 2.26 bits per heavy atom. The highest BCUT2D eigenvalue weighted by Gasteiger charge is 2.10. The molecule has 0 aliphatic heterocycles. The summed E-state index contributed by atoms with van der Waals surface area (Å²) in [4.78, 5) is 12.5. The van der Waals surface area contributed by atoms with Crippen molar-refractivity contribution < 1.29 is 4.74 Å². The van der Waals surface area contributed by atoms with E-state index in [1.807, 2.05) is 78.8 Å². The van der Waals surface area contributed by atoms with Crippen LogP contribution in [0.3, 0.4) is 0 Å². The summed E-state index contributed by atoms with van der Waals surface area (Å²) >= 11 is 1.60. The molecule has 2 aromatic rings. The molecular formula is C32H55N5OS. The Morgan fingerprint density at radius 2 is 1.72 bits per heavy atom. The molecule has 0 bridgehead atoms. The molecule has 2 rings (SSSR count). The number of nitrogens with zero attached hydrogens (tertiary/aromatic N) is 4. The van der Waals surface area contributed by atoms with Crippen molar-refractivity contribution in [1.82, 2.24) is 15.4 Å². The van der Waals surface area contributed by atoms with Crippen molar-refractivity contribution in [3.8, 4) is 5.88 Å². The second-order valence-corrected chi connectivity index (χ2v) is 8.73. The van der Waals surface area contributed by atoms with Gasteiger partial charge in [-0.1, -0.05) is 92.8 Å². The number of rotatable bonds is 15. The number of pyridine rings is 2. The highest BCUT2D eigenvalue weighted by atomic mass is 32.2. The third kappa shape index (κ3) is 17.4. The molecule has 0 atom stereocenters. The van der Waals surface area contributed by atoms with E-state index in [1.54, 1.807) is 24.2 Å². The zero-order valence-corrected chi connectivity index (χ0v) is 27.2. The maximum absolute atomic E-state index is 6.03. The van der Waals surface area contributed by atoms with Crippen LogP contribution in [0.2, 0.25) is 0 Å². The molecule has 0 fully saturated rings. The van der Waals surface area contributed by atoms with E-state index in [9.17, 15) is 0 Å². The Kier molecular flexibility index (Phi) is 26.3. The van der Waals surface area contributed by atoms with Crippen LogP contribution < -0.4 is 15.1 Å². The number of hydrogen-bond donors (Lipinski definition) is 1. The molecule has 0 saturated carbocycles. The summed E-state index contributed by atoms with van der Waals surface area (Å²) in [6, 6.07) is 10.00. The summed E-state index contributed by atoms with van der Waals surface area (Å²) in [5.74, 6) is 0.599. The lowest BCUT2D eigenvalue weighted by Gasteiger charge is -2.24. The maximum Gasteiger partial charge on any atom is 0.215 e. The Morgan fingerprint density at radius 1 is 1.05 bits per heavy atom. The normalized spacial score (nSPS) is 10.3. The molecule has 220 valence electrons. The molecule has 2 aromatic heterocycles. The summed E-state index contributed by atoms with van der Waals surface area (Å²) in [7, 11) is 0. The molecule has 7 heteroatoms. The summed E-state index contributed by atoms with van der Waals surface area (Å²) in [6.07, 6.45) is 9.33. The number of ether oxygens (including phenoxy) is 1. The van der Waals surface area contributed by atoms with Gasteiger partial charge in [0.25, 0.3) is 0 Å². The fraction of sp³-hybridized carbons (Fsp3) is 0.531. The molecule has 0 spiro atoms. The third-order valence-corrected chi connectivity index (χ3v) is 5.90. The number of aromatic nitrogens is 2. The number of allylic oxidation sites excluding steroid dienone is 2. The molecule has 6 nitrogen and oxygen atoms in total. The van der Waals surface area contributed by atoms with E-state index < -0.39 is 0 Å². The summed E-state index contributed by atoms with van der Waals surface area (Å²) < 4.78 is 6.03. The van der Waals surface area contributed by atoms with Gasteiger partial charge in [-0.15, -0.1) is 0 Å². The average molecular weight is 558 g/mol. The zero-order valence-electron chi connectivity index (χ0n) is 26.4. The highest BCUT2D eigenvalue weighted by Crippen LogP contribution is 2.24. The quantitative estimate of drug-likeness (QED) is 0.174. The molecule has 0 amide bonds. The zero-order chi connectivity index (χ0) is 29.9. The van der Waals surface area contributed by atoms with Crippen LogP contribution in [0.1, 0.15) is 99.9 Å². The summed E-state index contributed by atoms with van der Waals surface area (Å²) in [5, 5.41) is 5.35. The molecular weight excluding hydrogens is 502 g/mol. The van der Waals surface area contributed by atoms with Crippen LogP contribution in [0, 0.1) is 0 Å². The van der Waals surface area contributed by atoms with Gasteiger partial charge in [0, 0.05) is 43.2 Å². The number of anilines is 1. The lowest BCUT2D eigenvalue weighted by molar-refractivity contribution is 0.308. The predicted octanol–water partition coefficient (Wildman–Crippen LogP) is 9.24. The van der Waals surface area contributed by atoms with Crippen molar-refractivity contribution in [3.63, 3.8) is 0 Å². The van der Waals surface area contributed by atoms with Crippen LogP contribution in [-0.2, 0) is 6.42 Å². The molecule has 1 N–H and O–H groups in total. The van der Waals surface area contributed by atoms with E-state index in [-0.39, 0.29) is 0 Å². The van der Waals surface area contributed by atoms with Crippen molar-refractivity contribution in [2.24, 2.45) is 5.10 Å². The second-order valence-electron chi connectivity index (χ2n) is 7.51. The Balaban J connectivity index is 0. The molecule has 0 aliphatic carbocycles. The van der Waals surface area contributed by atoms with Crippen LogP contribution in [0.5, 0.6) is 5.88 Å². The van der Waals surface area contributed by atoms with Crippen molar-refractivity contribution in [2.45, 2.75) is 94.9 Å². The van der Waals surface area contributed by atoms with Crippen molar-refractivity contribution in [3.05, 3.63) is 70.5 Å². The first-order valence-corrected chi connectivity index (χ1v) is 15.5. The van der Waals surface area contributed by atoms with Gasteiger partial charge in [0.05, 0.1) is 23.5 Å². The summed E-state index contributed by atoms with van der Waals surface area (Å²) in [6.45, 7) is 27.0. The fourth-order valence-electron chi connectivity index (χ4n) is 3.09. The minimum atomic E-state index is 0.516. The van der Waals surface area contributed by atoms with Gasteiger partial charge in [-0.2, -0.15) is 5.10 Å². The lowest BCUT2D eigenvalue weighted by Crippen LogP contribution is -2.25. The van der Waals surface area contributed by atoms with E-state index in [0.717, 1.165) is 65.8 Å². The van der Waals surface area contributed by atoms with Gasteiger partial charge in [-0.05, 0) is 49.3 Å². The van der Waals surface area contributed by atoms with E-state index in [0.29, 0.717) is 12.5 Å². The van der Waals surface area contributed by atoms with Crippen LogP contribution >= 0.6 is 11.8 Å². The van der Waals surface area contributed by atoms with Gasteiger partial charge in [0.1, 0.15) is 0 Å². The predicted molar refractivity (Wildman–Crippen MR) is 176 cm³/mol.